The highest BCUT2D eigenvalue weighted by molar-refractivity contribution is 6.30. The molecule has 0 bridgehead atoms. The second kappa shape index (κ2) is 15.0. The molecule has 0 radical (unpaired) electrons. The average Bonchev–Trinajstić information content (AvgIpc) is 2.80. The number of nitrogens with one attached hydrogen (secondary N) is 3. The summed E-state index contributed by atoms with van der Waals surface area (Å²) in [6, 6.07) is 5.42. The maximum Gasteiger partial charge on any atom is 0.404 e. The minimum Gasteiger partial charge on any atom is -0.465 e. The summed E-state index contributed by atoms with van der Waals surface area (Å²) in [6.07, 6.45) is 3.97. The highest BCUT2D eigenvalue weighted by atomic mass is 35.5. The van der Waals surface area contributed by atoms with Crippen LogP contribution in [0.15, 0.2) is 18.2 Å². The number of carboxylic acid groups (broad SMARTS) is 1. The summed E-state index contributed by atoms with van der Waals surface area (Å²) >= 11 is 6.24. The summed E-state index contributed by atoms with van der Waals surface area (Å²) in [7, 11) is 1.76. The number of urea groups is 1. The van der Waals surface area contributed by atoms with Crippen molar-refractivity contribution >= 4 is 23.7 Å². The first kappa shape index (κ1) is 28.2. The fraction of sp³-hybridized carbons (Fsp3) is 0.667. The van der Waals surface area contributed by atoms with E-state index in [1.165, 1.54) is 0 Å². The predicted octanol–water partition coefficient (Wildman–Crippen LogP) is 3.98. The minimum atomic E-state index is -1.03. The number of nitrogens with zero attached hydrogens (tertiary/aromatic N) is 1. The second-order valence-electron chi connectivity index (χ2n) is 9.11. The minimum absolute atomic E-state index is 0.138. The van der Waals surface area contributed by atoms with Gasteiger partial charge in [-0.15, -0.1) is 0 Å². The van der Waals surface area contributed by atoms with Crippen LogP contribution in [0.2, 0.25) is 5.02 Å². The molecule has 2 rings (SSSR count). The van der Waals surface area contributed by atoms with Crippen molar-refractivity contribution in [3.8, 4) is 0 Å². The van der Waals surface area contributed by atoms with Crippen molar-refractivity contribution in [1.29, 1.82) is 0 Å². The molecule has 0 saturated carbocycles. The van der Waals surface area contributed by atoms with E-state index >= 15 is 0 Å². The number of hydrogen-bond donors (Lipinski definition) is 5. The molecule has 1 heterocycles. The first-order chi connectivity index (χ1) is 16.3. The van der Waals surface area contributed by atoms with E-state index in [0.717, 1.165) is 49.8 Å². The SMILES string of the molecule is Cc1ccc(Cl)cc1C(CCCNC(=O)O)CCN(C)C(=O)NC(CNO)C[C@H]1CCCOC1. The molecule has 1 saturated heterocycles. The summed E-state index contributed by atoms with van der Waals surface area (Å²) in [5.41, 5.74) is 4.43. The maximum absolute atomic E-state index is 12.9. The number of halogens is 1. The van der Waals surface area contributed by atoms with E-state index < -0.39 is 6.09 Å². The Bertz CT molecular complexity index is 776. The number of aryl methyl sites for hydroxylation is 1. The Morgan fingerprint density at radius 1 is 1.32 bits per heavy atom. The van der Waals surface area contributed by atoms with E-state index in [1.54, 1.807) is 11.9 Å². The molecular formula is C24H39ClN4O5. The molecule has 0 aromatic heterocycles. The smallest absolute Gasteiger partial charge is 0.404 e. The molecule has 1 aromatic rings. The Labute approximate surface area is 207 Å². The molecule has 34 heavy (non-hydrogen) atoms. The monoisotopic (exact) mass is 498 g/mol. The number of carbonyl (C=O) groups excluding carboxylic acids is 1. The van der Waals surface area contributed by atoms with Crippen LogP contribution >= 0.6 is 11.6 Å². The molecule has 1 aliphatic heterocycles. The average molecular weight is 499 g/mol. The topological polar surface area (TPSA) is 123 Å². The highest BCUT2D eigenvalue weighted by Gasteiger charge is 2.23. The first-order valence-electron chi connectivity index (χ1n) is 12.0. The van der Waals surface area contributed by atoms with Crippen LogP contribution in [0.1, 0.15) is 55.6 Å². The predicted molar refractivity (Wildman–Crippen MR) is 132 cm³/mol. The van der Waals surface area contributed by atoms with Crippen molar-refractivity contribution in [2.45, 2.75) is 57.4 Å². The lowest BCUT2D eigenvalue weighted by Crippen LogP contribution is -2.48. The molecule has 3 atom stereocenters. The molecule has 9 nitrogen and oxygen atoms in total. The summed E-state index contributed by atoms with van der Waals surface area (Å²) in [5.74, 6) is 0.506. The van der Waals surface area contributed by atoms with Crippen LogP contribution in [0.3, 0.4) is 0 Å². The third kappa shape index (κ3) is 10.0. The zero-order valence-electron chi connectivity index (χ0n) is 20.2. The number of amides is 3. The Morgan fingerprint density at radius 3 is 2.79 bits per heavy atom. The van der Waals surface area contributed by atoms with Gasteiger partial charge in [0.2, 0.25) is 0 Å². The van der Waals surface area contributed by atoms with Crippen molar-refractivity contribution < 1.29 is 24.6 Å². The third-order valence-corrected chi connectivity index (χ3v) is 6.62. The van der Waals surface area contributed by atoms with Crippen LogP contribution in [0.25, 0.3) is 0 Å². The van der Waals surface area contributed by atoms with Gasteiger partial charge in [-0.2, -0.15) is 0 Å². The van der Waals surface area contributed by atoms with Crippen LogP contribution in [0, 0.1) is 12.8 Å². The Hall–Kier alpha value is -2.07. The molecule has 192 valence electrons. The van der Waals surface area contributed by atoms with Gasteiger partial charge in [-0.25, -0.2) is 15.1 Å². The van der Waals surface area contributed by atoms with Gasteiger partial charge in [-0.1, -0.05) is 17.7 Å². The summed E-state index contributed by atoms with van der Waals surface area (Å²) in [5, 5.41) is 24.1. The maximum atomic E-state index is 12.9. The molecule has 0 spiro atoms. The molecule has 5 N–H and O–H groups in total. The van der Waals surface area contributed by atoms with Gasteiger partial charge in [0.05, 0.1) is 0 Å². The van der Waals surface area contributed by atoms with Crippen molar-refractivity contribution in [1.82, 2.24) is 21.0 Å². The zero-order valence-corrected chi connectivity index (χ0v) is 20.9. The van der Waals surface area contributed by atoms with Gasteiger partial charge in [0, 0.05) is 51.0 Å². The first-order valence-corrected chi connectivity index (χ1v) is 12.4. The number of hydroxylamine groups is 1. The van der Waals surface area contributed by atoms with Crippen molar-refractivity contribution in [2.75, 3.05) is 39.9 Å². The molecule has 1 aliphatic rings. The fourth-order valence-corrected chi connectivity index (χ4v) is 4.67. The molecule has 2 unspecified atom stereocenters. The molecule has 0 aliphatic carbocycles. The van der Waals surface area contributed by atoms with Crippen molar-refractivity contribution in [3.63, 3.8) is 0 Å². The quantitative estimate of drug-likeness (QED) is 0.207. The Balaban J connectivity index is 1.94. The fourth-order valence-electron chi connectivity index (χ4n) is 4.49. The van der Waals surface area contributed by atoms with Gasteiger partial charge >= 0.3 is 12.1 Å². The van der Waals surface area contributed by atoms with Crippen LogP contribution in [0.4, 0.5) is 9.59 Å². The van der Waals surface area contributed by atoms with E-state index in [1.807, 2.05) is 25.1 Å². The van der Waals surface area contributed by atoms with Crippen molar-refractivity contribution in [2.24, 2.45) is 5.92 Å². The van der Waals surface area contributed by atoms with Gasteiger partial charge in [-0.3, -0.25) is 0 Å². The highest BCUT2D eigenvalue weighted by Crippen LogP contribution is 2.30. The van der Waals surface area contributed by atoms with Gasteiger partial charge in [0.1, 0.15) is 0 Å². The lowest BCUT2D eigenvalue weighted by atomic mass is 9.88. The van der Waals surface area contributed by atoms with E-state index in [2.05, 4.69) is 16.1 Å². The van der Waals surface area contributed by atoms with Crippen LogP contribution < -0.4 is 16.1 Å². The summed E-state index contributed by atoms with van der Waals surface area (Å²) < 4.78 is 5.54. The number of ether oxygens (including phenoxy) is 1. The number of hydrogen-bond acceptors (Lipinski definition) is 5. The van der Waals surface area contributed by atoms with Gasteiger partial charge in [-0.05, 0) is 80.5 Å². The summed E-state index contributed by atoms with van der Waals surface area (Å²) in [6.45, 7) is 4.69. The standard InChI is InChI=1S/C24H39ClN4O5/c1-17-7-8-20(25)14-22(17)19(6-3-10-26-24(31)32)9-11-29(2)23(30)28-21(15-27-33)13-18-5-4-12-34-16-18/h7-8,14,18-19,21,26-27,33H,3-6,9-13,15-16H2,1-2H3,(H,28,30)(H,31,32)/t18-,19?,21?/m1/s1. The lowest BCUT2D eigenvalue weighted by molar-refractivity contribution is 0.0452. The van der Waals surface area contributed by atoms with E-state index in [9.17, 15) is 14.8 Å². The van der Waals surface area contributed by atoms with Gasteiger partial charge in [0.15, 0.2) is 0 Å². The molecule has 1 fully saturated rings. The van der Waals surface area contributed by atoms with Crippen LogP contribution in [-0.2, 0) is 4.74 Å². The van der Waals surface area contributed by atoms with E-state index in [4.69, 9.17) is 21.4 Å². The Kier molecular flexibility index (Phi) is 12.5. The molecule has 10 heteroatoms. The van der Waals surface area contributed by atoms with Crippen molar-refractivity contribution in [3.05, 3.63) is 34.3 Å². The third-order valence-electron chi connectivity index (χ3n) is 6.38. The normalized spacial score (nSPS) is 17.6. The van der Waals surface area contributed by atoms with Crippen LogP contribution in [-0.4, -0.2) is 73.3 Å². The Morgan fingerprint density at radius 2 is 2.12 bits per heavy atom. The summed E-state index contributed by atoms with van der Waals surface area (Å²) in [4.78, 5) is 25.3. The van der Waals surface area contributed by atoms with Crippen LogP contribution in [0.5, 0.6) is 0 Å². The largest absolute Gasteiger partial charge is 0.465 e. The van der Waals surface area contributed by atoms with Gasteiger partial charge in [0.25, 0.3) is 0 Å². The number of carbonyl (C=O) groups is 2. The second-order valence-corrected chi connectivity index (χ2v) is 9.55. The van der Waals surface area contributed by atoms with E-state index in [0.29, 0.717) is 37.1 Å². The number of benzene rings is 1. The zero-order chi connectivity index (χ0) is 24.9. The molecule has 1 aromatic carbocycles. The van der Waals surface area contributed by atoms with Gasteiger partial charge < -0.3 is 30.6 Å². The lowest BCUT2D eigenvalue weighted by Gasteiger charge is -2.29. The van der Waals surface area contributed by atoms with E-state index in [-0.39, 0.29) is 24.5 Å². The molecule has 3 amide bonds. The molecular weight excluding hydrogens is 460 g/mol. The number of rotatable bonds is 13.